The number of amides is 1. The molecule has 3 aliphatic rings. The first-order valence-electron chi connectivity index (χ1n) is 13.4. The van der Waals surface area contributed by atoms with Gasteiger partial charge in [-0.05, 0) is 80.8 Å². The molecule has 0 aliphatic carbocycles. The molecule has 5 heterocycles. The van der Waals surface area contributed by atoms with Crippen LogP contribution in [-0.2, 0) is 6.42 Å². The first kappa shape index (κ1) is 22.9. The molecule has 4 aromatic rings. The molecule has 0 bridgehead atoms. The number of carbonyl (C=O) groups is 1. The molecule has 190 valence electrons. The van der Waals surface area contributed by atoms with Gasteiger partial charge < -0.3 is 9.80 Å². The number of nitriles is 1. The Kier molecular flexibility index (Phi) is 5.41. The van der Waals surface area contributed by atoms with E-state index >= 15 is 0 Å². The molecule has 8 heteroatoms. The maximum Gasteiger partial charge on any atom is 0.261 e. The van der Waals surface area contributed by atoms with Crippen LogP contribution in [0.25, 0.3) is 16.6 Å². The average Bonchev–Trinajstić information content (AvgIpc) is 3.69. The zero-order chi connectivity index (χ0) is 25.8. The van der Waals surface area contributed by atoms with E-state index in [1.165, 1.54) is 25.1 Å². The highest BCUT2D eigenvalue weighted by Crippen LogP contribution is 2.37. The van der Waals surface area contributed by atoms with Crippen molar-refractivity contribution in [3.8, 4) is 11.8 Å². The van der Waals surface area contributed by atoms with Crippen molar-refractivity contribution in [1.82, 2.24) is 19.7 Å². The molecule has 0 spiro atoms. The molecule has 3 aliphatic heterocycles. The van der Waals surface area contributed by atoms with Crippen LogP contribution in [-0.4, -0.2) is 64.3 Å². The minimum Gasteiger partial charge on any atom is -0.368 e. The van der Waals surface area contributed by atoms with Crippen LogP contribution < -0.4 is 9.80 Å². The van der Waals surface area contributed by atoms with Crippen molar-refractivity contribution >= 4 is 28.2 Å². The molecule has 0 radical (unpaired) electrons. The Labute approximate surface area is 221 Å². The summed E-state index contributed by atoms with van der Waals surface area (Å²) in [6.45, 7) is 6.95. The monoisotopic (exact) mass is 503 g/mol. The van der Waals surface area contributed by atoms with Gasteiger partial charge in [-0.3, -0.25) is 14.7 Å². The Hall–Kier alpha value is -4.22. The van der Waals surface area contributed by atoms with E-state index < -0.39 is 0 Å². The van der Waals surface area contributed by atoms with E-state index in [4.69, 9.17) is 10.2 Å². The number of aromatic nitrogens is 3. The van der Waals surface area contributed by atoms with Gasteiger partial charge >= 0.3 is 0 Å². The lowest BCUT2D eigenvalue weighted by Crippen LogP contribution is -2.50. The van der Waals surface area contributed by atoms with Crippen molar-refractivity contribution in [2.24, 2.45) is 0 Å². The van der Waals surface area contributed by atoms with Crippen molar-refractivity contribution in [3.63, 3.8) is 0 Å². The standard InChI is InChI=1S/C30H29N7O/c1-20-26(18-33-37(20)23-6-4-21(17-31)5-7-23)30(38)36-12-9-22-15-27-25(16-29(22)36)28(8-10-32-27)35-14-13-34-11-2-3-24(34)19-35/h4-8,10,15-16,18,24H,2-3,9,11-14,19H2,1H3/t24-/m0/s1. The average molecular weight is 504 g/mol. The molecule has 1 amide bonds. The highest BCUT2D eigenvalue weighted by Gasteiger charge is 2.32. The predicted molar refractivity (Wildman–Crippen MR) is 147 cm³/mol. The molecule has 8 nitrogen and oxygen atoms in total. The fraction of sp³-hybridized carbons (Fsp3) is 0.333. The van der Waals surface area contributed by atoms with Crippen LogP contribution in [0.15, 0.2) is 54.9 Å². The second kappa shape index (κ2) is 8.96. The number of fused-ring (bicyclic) bond motifs is 3. The fourth-order valence-electron chi connectivity index (χ4n) is 6.41. The second-order valence-corrected chi connectivity index (χ2v) is 10.5. The summed E-state index contributed by atoms with van der Waals surface area (Å²) in [6.07, 6.45) is 6.95. The first-order valence-corrected chi connectivity index (χ1v) is 13.4. The van der Waals surface area contributed by atoms with E-state index in [0.29, 0.717) is 23.7 Å². The van der Waals surface area contributed by atoms with Crippen molar-refractivity contribution < 1.29 is 4.79 Å². The molecule has 1 atom stereocenters. The van der Waals surface area contributed by atoms with Gasteiger partial charge in [0.1, 0.15) is 0 Å². The zero-order valence-corrected chi connectivity index (χ0v) is 21.5. The van der Waals surface area contributed by atoms with E-state index in [0.717, 1.165) is 59.6 Å². The number of rotatable bonds is 3. The van der Waals surface area contributed by atoms with Crippen LogP contribution >= 0.6 is 0 Å². The van der Waals surface area contributed by atoms with Gasteiger partial charge in [0.05, 0.1) is 40.3 Å². The highest BCUT2D eigenvalue weighted by atomic mass is 16.2. The largest absolute Gasteiger partial charge is 0.368 e. The van der Waals surface area contributed by atoms with Gasteiger partial charge in [-0.25, -0.2) is 4.68 Å². The van der Waals surface area contributed by atoms with Crippen LogP contribution in [0.5, 0.6) is 0 Å². The number of hydrogen-bond donors (Lipinski definition) is 0. The molecule has 0 N–H and O–H groups in total. The van der Waals surface area contributed by atoms with Crippen molar-refractivity contribution in [2.45, 2.75) is 32.2 Å². The Balaban J connectivity index is 1.22. The maximum absolute atomic E-state index is 13.8. The third-order valence-electron chi connectivity index (χ3n) is 8.47. The summed E-state index contributed by atoms with van der Waals surface area (Å²) in [5.74, 6) is -0.0366. The van der Waals surface area contributed by atoms with Crippen LogP contribution in [0, 0.1) is 18.3 Å². The summed E-state index contributed by atoms with van der Waals surface area (Å²) in [6, 6.07) is 16.5. The summed E-state index contributed by atoms with van der Waals surface area (Å²) >= 11 is 0. The molecule has 7 rings (SSSR count). The van der Waals surface area contributed by atoms with Gasteiger partial charge in [0.15, 0.2) is 0 Å². The van der Waals surface area contributed by atoms with Crippen molar-refractivity contribution in [2.75, 3.05) is 42.5 Å². The predicted octanol–water partition coefficient (Wildman–Crippen LogP) is 4.09. The Morgan fingerprint density at radius 2 is 1.92 bits per heavy atom. The molecule has 38 heavy (non-hydrogen) atoms. The minimum absolute atomic E-state index is 0.0366. The lowest BCUT2D eigenvalue weighted by atomic mass is 10.1. The molecule has 0 saturated carbocycles. The molecular weight excluding hydrogens is 474 g/mol. The second-order valence-electron chi connectivity index (χ2n) is 10.5. The highest BCUT2D eigenvalue weighted by molar-refractivity contribution is 6.09. The van der Waals surface area contributed by atoms with Crippen molar-refractivity contribution in [1.29, 1.82) is 5.26 Å². The lowest BCUT2D eigenvalue weighted by Gasteiger charge is -2.39. The number of anilines is 2. The zero-order valence-electron chi connectivity index (χ0n) is 21.5. The van der Waals surface area contributed by atoms with E-state index in [9.17, 15) is 4.79 Å². The van der Waals surface area contributed by atoms with E-state index in [-0.39, 0.29) is 5.91 Å². The van der Waals surface area contributed by atoms with Gasteiger partial charge in [0.2, 0.25) is 0 Å². The summed E-state index contributed by atoms with van der Waals surface area (Å²) in [4.78, 5) is 25.5. The SMILES string of the molecule is Cc1c(C(=O)N2CCc3cc4nccc(N5CCN6CCC[C@H]6C5)c4cc32)cnn1-c1ccc(C#N)cc1. The Morgan fingerprint density at radius 3 is 2.76 bits per heavy atom. The summed E-state index contributed by atoms with van der Waals surface area (Å²) in [7, 11) is 0. The number of benzene rings is 2. The van der Waals surface area contributed by atoms with Crippen LogP contribution in [0.1, 0.15) is 40.0 Å². The Morgan fingerprint density at radius 1 is 1.05 bits per heavy atom. The smallest absolute Gasteiger partial charge is 0.261 e. The minimum atomic E-state index is -0.0366. The van der Waals surface area contributed by atoms with E-state index in [2.05, 4.69) is 39.2 Å². The van der Waals surface area contributed by atoms with E-state index in [1.54, 1.807) is 23.0 Å². The first-order chi connectivity index (χ1) is 18.6. The third kappa shape index (κ3) is 3.65. The van der Waals surface area contributed by atoms with Gasteiger partial charge in [-0.15, -0.1) is 0 Å². The van der Waals surface area contributed by atoms with Crippen LogP contribution in [0.3, 0.4) is 0 Å². The molecule has 0 unspecified atom stereocenters. The molecule has 2 aromatic heterocycles. The number of hydrogen-bond acceptors (Lipinski definition) is 6. The number of carbonyl (C=O) groups excluding carboxylic acids is 1. The van der Waals surface area contributed by atoms with Crippen molar-refractivity contribution in [3.05, 3.63) is 77.2 Å². The topological polar surface area (TPSA) is 81.3 Å². The molecule has 2 aromatic carbocycles. The summed E-state index contributed by atoms with van der Waals surface area (Å²) in [5.41, 5.74) is 7.13. The number of piperazine rings is 1. The van der Waals surface area contributed by atoms with Gasteiger partial charge in [0, 0.05) is 55.2 Å². The van der Waals surface area contributed by atoms with Crippen LogP contribution in [0.4, 0.5) is 11.4 Å². The van der Waals surface area contributed by atoms with Gasteiger partial charge in [-0.1, -0.05) is 0 Å². The maximum atomic E-state index is 13.8. The van der Waals surface area contributed by atoms with Crippen LogP contribution in [0.2, 0.25) is 0 Å². The summed E-state index contributed by atoms with van der Waals surface area (Å²) in [5, 5.41) is 14.7. The summed E-state index contributed by atoms with van der Waals surface area (Å²) < 4.78 is 1.76. The number of nitrogens with zero attached hydrogens (tertiary/aromatic N) is 7. The lowest BCUT2D eigenvalue weighted by molar-refractivity contribution is 0.0989. The molecular formula is C30H29N7O. The normalized spacial score (nSPS) is 19.0. The molecule has 2 saturated heterocycles. The fourth-order valence-corrected chi connectivity index (χ4v) is 6.41. The quantitative estimate of drug-likeness (QED) is 0.419. The Bertz CT molecular complexity index is 1600. The van der Waals surface area contributed by atoms with Gasteiger partial charge in [0.25, 0.3) is 5.91 Å². The third-order valence-corrected chi connectivity index (χ3v) is 8.47. The van der Waals surface area contributed by atoms with E-state index in [1.807, 2.05) is 30.2 Å². The molecule has 2 fully saturated rings. The van der Waals surface area contributed by atoms with Gasteiger partial charge in [-0.2, -0.15) is 10.4 Å². The number of pyridine rings is 1.